The molecular formula is C19H25NO3. The second-order valence-corrected chi connectivity index (χ2v) is 5.57. The molecule has 4 heteroatoms. The Morgan fingerprint density at radius 1 is 0.957 bits per heavy atom. The van der Waals surface area contributed by atoms with Crippen molar-refractivity contribution in [2.24, 2.45) is 11.7 Å². The third-order valence-electron chi connectivity index (χ3n) is 3.23. The first-order valence-electron chi connectivity index (χ1n) is 7.64. The van der Waals surface area contributed by atoms with Crippen molar-refractivity contribution in [1.82, 2.24) is 0 Å². The molecule has 1 atom stereocenters. The standard InChI is InChI=1S/C14H14O.C5H11NO2/c1-3-7-13(8-4-1)11-15-12-14-9-5-2-6-10-14;1-3(2)4(6)5(7)8/h1-10H,11-12H2;3-4H,6H2,1-2H3,(H,7,8)/t;4-/m.0/s1. The Balaban J connectivity index is 0.000000284. The second-order valence-electron chi connectivity index (χ2n) is 5.57. The van der Waals surface area contributed by atoms with E-state index in [1.54, 1.807) is 13.8 Å². The van der Waals surface area contributed by atoms with Crippen molar-refractivity contribution >= 4 is 5.97 Å². The lowest BCUT2D eigenvalue weighted by Crippen LogP contribution is -2.34. The van der Waals surface area contributed by atoms with Crippen molar-refractivity contribution in [3.63, 3.8) is 0 Å². The Kier molecular flexibility index (Phi) is 8.65. The first-order chi connectivity index (χ1) is 11.0. The van der Waals surface area contributed by atoms with E-state index in [0.717, 1.165) is 0 Å². The second kappa shape index (κ2) is 10.5. The maximum absolute atomic E-state index is 10.0. The van der Waals surface area contributed by atoms with Crippen LogP contribution in [0.4, 0.5) is 0 Å². The summed E-state index contributed by atoms with van der Waals surface area (Å²) in [6, 6.07) is 19.7. The molecule has 0 amide bonds. The predicted octanol–water partition coefficient (Wildman–Crippen LogP) is 3.46. The average molecular weight is 315 g/mol. The maximum Gasteiger partial charge on any atom is 0.320 e. The summed E-state index contributed by atoms with van der Waals surface area (Å²) in [6.07, 6.45) is 0. The molecule has 0 fully saturated rings. The first kappa shape index (κ1) is 18.9. The van der Waals surface area contributed by atoms with Crippen molar-refractivity contribution in [3.8, 4) is 0 Å². The molecule has 0 radical (unpaired) electrons. The van der Waals surface area contributed by atoms with Crippen molar-refractivity contribution in [1.29, 1.82) is 0 Å². The van der Waals surface area contributed by atoms with Gasteiger partial charge in [0.25, 0.3) is 0 Å². The quantitative estimate of drug-likeness (QED) is 0.856. The molecule has 3 N–H and O–H groups in total. The van der Waals surface area contributed by atoms with Gasteiger partial charge in [0.1, 0.15) is 6.04 Å². The lowest BCUT2D eigenvalue weighted by molar-refractivity contribution is -0.139. The molecule has 0 aliphatic rings. The molecule has 0 aliphatic heterocycles. The number of nitrogens with two attached hydrogens (primary N) is 1. The Bertz CT molecular complexity index is 516. The van der Waals surface area contributed by atoms with Crippen LogP contribution in [-0.4, -0.2) is 17.1 Å². The van der Waals surface area contributed by atoms with Crippen LogP contribution in [-0.2, 0) is 22.7 Å². The van der Waals surface area contributed by atoms with Crippen LogP contribution in [0.5, 0.6) is 0 Å². The number of carboxylic acid groups (broad SMARTS) is 1. The zero-order valence-corrected chi connectivity index (χ0v) is 13.7. The van der Waals surface area contributed by atoms with E-state index in [1.807, 2.05) is 36.4 Å². The van der Waals surface area contributed by atoms with Gasteiger partial charge in [-0.2, -0.15) is 0 Å². The monoisotopic (exact) mass is 315 g/mol. The Morgan fingerprint density at radius 2 is 1.35 bits per heavy atom. The van der Waals surface area contributed by atoms with Crippen LogP contribution in [0.25, 0.3) is 0 Å². The summed E-state index contributed by atoms with van der Waals surface area (Å²) in [5, 5.41) is 8.23. The van der Waals surface area contributed by atoms with Gasteiger partial charge in [0.2, 0.25) is 0 Å². The molecule has 0 unspecified atom stereocenters. The number of hydrogen-bond acceptors (Lipinski definition) is 3. The summed E-state index contributed by atoms with van der Waals surface area (Å²) in [5.74, 6) is -0.910. The number of aliphatic carboxylic acids is 1. The summed E-state index contributed by atoms with van der Waals surface area (Å²) in [6.45, 7) is 4.91. The molecule has 0 heterocycles. The van der Waals surface area contributed by atoms with Gasteiger partial charge < -0.3 is 15.6 Å². The molecule has 4 nitrogen and oxygen atoms in total. The molecule has 0 spiro atoms. The van der Waals surface area contributed by atoms with Crippen molar-refractivity contribution in [2.45, 2.75) is 33.1 Å². The van der Waals surface area contributed by atoms with Crippen LogP contribution in [0, 0.1) is 5.92 Å². The van der Waals surface area contributed by atoms with Crippen LogP contribution in [0.15, 0.2) is 60.7 Å². The van der Waals surface area contributed by atoms with Crippen LogP contribution >= 0.6 is 0 Å². The number of ether oxygens (including phenoxy) is 1. The molecule has 2 rings (SSSR count). The van der Waals surface area contributed by atoms with Gasteiger partial charge in [-0.1, -0.05) is 74.5 Å². The minimum absolute atomic E-state index is 0.0208. The number of hydrogen-bond donors (Lipinski definition) is 2. The molecule has 2 aromatic carbocycles. The minimum Gasteiger partial charge on any atom is -0.480 e. The molecule has 0 aromatic heterocycles. The normalized spacial score (nSPS) is 11.5. The molecule has 2 aromatic rings. The van der Waals surface area contributed by atoms with Crippen LogP contribution in [0.1, 0.15) is 25.0 Å². The van der Waals surface area contributed by atoms with Gasteiger partial charge in [0.15, 0.2) is 0 Å². The summed E-state index contributed by atoms with van der Waals surface area (Å²) in [5.41, 5.74) is 7.59. The molecule has 0 bridgehead atoms. The number of rotatable bonds is 6. The van der Waals surface area contributed by atoms with Crippen LogP contribution < -0.4 is 5.73 Å². The van der Waals surface area contributed by atoms with E-state index in [9.17, 15) is 4.79 Å². The van der Waals surface area contributed by atoms with Crippen molar-refractivity contribution in [3.05, 3.63) is 71.8 Å². The fraction of sp³-hybridized carbons (Fsp3) is 0.316. The zero-order valence-electron chi connectivity index (χ0n) is 13.7. The SMILES string of the molecule is CC(C)[C@H](N)C(=O)O.c1ccc(COCc2ccccc2)cc1. The highest BCUT2D eigenvalue weighted by molar-refractivity contribution is 5.73. The molecule has 23 heavy (non-hydrogen) atoms. The van der Waals surface area contributed by atoms with E-state index in [-0.39, 0.29) is 5.92 Å². The number of carboxylic acids is 1. The summed E-state index contributed by atoms with van der Waals surface area (Å²) < 4.78 is 5.61. The summed E-state index contributed by atoms with van der Waals surface area (Å²) >= 11 is 0. The topological polar surface area (TPSA) is 72.6 Å². The highest BCUT2D eigenvalue weighted by atomic mass is 16.5. The first-order valence-corrected chi connectivity index (χ1v) is 7.64. The highest BCUT2D eigenvalue weighted by Gasteiger charge is 2.14. The Labute approximate surface area is 137 Å². The van der Waals surface area contributed by atoms with Crippen LogP contribution in [0.3, 0.4) is 0 Å². The van der Waals surface area contributed by atoms with E-state index >= 15 is 0 Å². The molecular weight excluding hydrogens is 290 g/mol. The number of benzene rings is 2. The smallest absolute Gasteiger partial charge is 0.320 e. The number of carbonyl (C=O) groups is 1. The lowest BCUT2D eigenvalue weighted by Gasteiger charge is -2.07. The fourth-order valence-corrected chi connectivity index (χ4v) is 1.72. The van der Waals surface area contributed by atoms with Crippen LogP contribution in [0.2, 0.25) is 0 Å². The third-order valence-corrected chi connectivity index (χ3v) is 3.23. The van der Waals surface area contributed by atoms with Gasteiger partial charge in [-0.15, -0.1) is 0 Å². The van der Waals surface area contributed by atoms with Gasteiger partial charge >= 0.3 is 5.97 Å². The van der Waals surface area contributed by atoms with E-state index < -0.39 is 12.0 Å². The van der Waals surface area contributed by atoms with Crippen molar-refractivity contribution in [2.75, 3.05) is 0 Å². The minimum atomic E-state index is -0.931. The Morgan fingerprint density at radius 3 is 1.61 bits per heavy atom. The third kappa shape index (κ3) is 8.14. The van der Waals surface area contributed by atoms with E-state index in [2.05, 4.69) is 24.3 Å². The fourth-order valence-electron chi connectivity index (χ4n) is 1.72. The van der Waals surface area contributed by atoms with Gasteiger partial charge in [-0.3, -0.25) is 4.79 Å². The molecule has 0 saturated carbocycles. The highest BCUT2D eigenvalue weighted by Crippen LogP contribution is 2.05. The average Bonchev–Trinajstić information content (AvgIpc) is 2.56. The van der Waals surface area contributed by atoms with E-state index in [4.69, 9.17) is 15.6 Å². The summed E-state index contributed by atoms with van der Waals surface area (Å²) in [7, 11) is 0. The molecule has 0 saturated heterocycles. The lowest BCUT2D eigenvalue weighted by atomic mass is 10.1. The predicted molar refractivity (Wildman–Crippen MR) is 91.8 cm³/mol. The van der Waals surface area contributed by atoms with E-state index in [1.165, 1.54) is 11.1 Å². The van der Waals surface area contributed by atoms with Gasteiger partial charge in [0, 0.05) is 0 Å². The van der Waals surface area contributed by atoms with Gasteiger partial charge in [-0.05, 0) is 17.0 Å². The van der Waals surface area contributed by atoms with Gasteiger partial charge in [-0.25, -0.2) is 0 Å². The van der Waals surface area contributed by atoms with E-state index in [0.29, 0.717) is 13.2 Å². The largest absolute Gasteiger partial charge is 0.480 e. The molecule has 0 aliphatic carbocycles. The maximum atomic E-state index is 10.0. The zero-order chi connectivity index (χ0) is 17.1. The summed E-state index contributed by atoms with van der Waals surface area (Å²) in [4.78, 5) is 10.0. The van der Waals surface area contributed by atoms with Crippen molar-refractivity contribution < 1.29 is 14.6 Å². The Hall–Kier alpha value is -2.17. The molecule has 124 valence electrons. The van der Waals surface area contributed by atoms with Gasteiger partial charge in [0.05, 0.1) is 13.2 Å².